The lowest BCUT2D eigenvalue weighted by molar-refractivity contribution is 0.575. The van der Waals surface area contributed by atoms with Crippen molar-refractivity contribution in [3.63, 3.8) is 0 Å². The zero-order valence-corrected chi connectivity index (χ0v) is 10.4. The summed E-state index contributed by atoms with van der Waals surface area (Å²) in [7, 11) is 0. The van der Waals surface area contributed by atoms with Gasteiger partial charge in [0.05, 0.1) is 0 Å². The molecule has 2 aliphatic rings. The zero-order chi connectivity index (χ0) is 11.7. The van der Waals surface area contributed by atoms with Crippen LogP contribution in [0.4, 0.5) is 5.69 Å². The van der Waals surface area contributed by atoms with E-state index in [4.69, 9.17) is 5.73 Å². The van der Waals surface area contributed by atoms with Crippen LogP contribution in [0.3, 0.4) is 0 Å². The highest BCUT2D eigenvalue weighted by Gasteiger charge is 2.33. The van der Waals surface area contributed by atoms with E-state index in [2.05, 4.69) is 29.2 Å². The molecule has 0 bridgehead atoms. The van der Waals surface area contributed by atoms with Crippen molar-refractivity contribution in [2.45, 2.75) is 44.1 Å². The van der Waals surface area contributed by atoms with Gasteiger partial charge < -0.3 is 10.6 Å². The maximum absolute atomic E-state index is 5.75. The van der Waals surface area contributed by atoms with Crippen molar-refractivity contribution < 1.29 is 0 Å². The van der Waals surface area contributed by atoms with Gasteiger partial charge in [-0.25, -0.2) is 0 Å². The van der Waals surface area contributed by atoms with Gasteiger partial charge in [-0.3, -0.25) is 0 Å². The van der Waals surface area contributed by atoms with Gasteiger partial charge in [0.2, 0.25) is 0 Å². The Balaban J connectivity index is 1.87. The lowest BCUT2D eigenvalue weighted by atomic mass is 9.98. The number of rotatable bonds is 3. The molecule has 0 amide bonds. The van der Waals surface area contributed by atoms with E-state index in [0.717, 1.165) is 19.0 Å². The topological polar surface area (TPSA) is 29.3 Å². The third-order valence-corrected chi connectivity index (χ3v) is 4.38. The minimum absolute atomic E-state index is 0.664. The summed E-state index contributed by atoms with van der Waals surface area (Å²) >= 11 is 0. The Kier molecular flexibility index (Phi) is 3.06. The number of hydrogen-bond acceptors (Lipinski definition) is 2. The molecule has 2 N–H and O–H groups in total. The predicted molar refractivity (Wildman–Crippen MR) is 72.5 cm³/mol. The van der Waals surface area contributed by atoms with Gasteiger partial charge in [0.25, 0.3) is 0 Å². The van der Waals surface area contributed by atoms with Crippen molar-refractivity contribution in [3.8, 4) is 0 Å². The van der Waals surface area contributed by atoms with E-state index >= 15 is 0 Å². The van der Waals surface area contributed by atoms with Crippen LogP contribution in [-0.4, -0.2) is 19.1 Å². The first kappa shape index (κ1) is 11.1. The van der Waals surface area contributed by atoms with Crippen molar-refractivity contribution in [2.24, 2.45) is 5.73 Å². The van der Waals surface area contributed by atoms with E-state index in [-0.39, 0.29) is 0 Å². The van der Waals surface area contributed by atoms with E-state index in [0.29, 0.717) is 5.92 Å². The Hall–Kier alpha value is -1.02. The maximum Gasteiger partial charge on any atom is 0.0405 e. The highest BCUT2D eigenvalue weighted by molar-refractivity contribution is 5.61. The summed E-state index contributed by atoms with van der Waals surface area (Å²) in [6, 6.07) is 9.72. The van der Waals surface area contributed by atoms with Gasteiger partial charge in [0, 0.05) is 24.2 Å². The fourth-order valence-corrected chi connectivity index (χ4v) is 3.54. The van der Waals surface area contributed by atoms with Gasteiger partial charge in [-0.1, -0.05) is 31.0 Å². The summed E-state index contributed by atoms with van der Waals surface area (Å²) in [5.74, 6) is 0.664. The minimum atomic E-state index is 0.664. The van der Waals surface area contributed by atoms with E-state index in [1.54, 1.807) is 0 Å². The third-order valence-electron chi connectivity index (χ3n) is 4.38. The largest absolute Gasteiger partial charge is 0.368 e. The van der Waals surface area contributed by atoms with Crippen molar-refractivity contribution in [3.05, 3.63) is 29.8 Å². The number of hydrogen-bond donors (Lipinski definition) is 1. The molecule has 1 fully saturated rings. The van der Waals surface area contributed by atoms with Crippen LogP contribution in [-0.2, 0) is 0 Å². The SMILES string of the molecule is NCCC1CN(C2CCCC2)c2ccccc21. The molecule has 0 aromatic heterocycles. The van der Waals surface area contributed by atoms with Crippen LogP contribution in [0.5, 0.6) is 0 Å². The Morgan fingerprint density at radius 2 is 1.94 bits per heavy atom. The predicted octanol–water partition coefficient (Wildman–Crippen LogP) is 2.88. The Labute approximate surface area is 104 Å². The molecule has 3 rings (SSSR count). The van der Waals surface area contributed by atoms with Crippen molar-refractivity contribution in [1.29, 1.82) is 0 Å². The molecule has 0 saturated heterocycles. The van der Waals surface area contributed by atoms with Crippen LogP contribution in [0.15, 0.2) is 24.3 Å². The number of nitrogens with zero attached hydrogens (tertiary/aromatic N) is 1. The second kappa shape index (κ2) is 4.69. The fourth-order valence-electron chi connectivity index (χ4n) is 3.54. The molecular formula is C15H22N2. The smallest absolute Gasteiger partial charge is 0.0405 e. The first-order valence-electron chi connectivity index (χ1n) is 6.96. The van der Waals surface area contributed by atoms with Gasteiger partial charge >= 0.3 is 0 Å². The Morgan fingerprint density at radius 3 is 2.71 bits per heavy atom. The van der Waals surface area contributed by atoms with Crippen molar-refractivity contribution in [1.82, 2.24) is 0 Å². The van der Waals surface area contributed by atoms with Crippen LogP contribution in [0, 0.1) is 0 Å². The summed E-state index contributed by atoms with van der Waals surface area (Å²) in [6.45, 7) is 2.00. The van der Waals surface area contributed by atoms with Crippen molar-refractivity contribution in [2.75, 3.05) is 18.0 Å². The number of nitrogens with two attached hydrogens (primary N) is 1. The lowest BCUT2D eigenvalue weighted by Crippen LogP contribution is -2.32. The molecule has 17 heavy (non-hydrogen) atoms. The summed E-state index contributed by atoms with van der Waals surface area (Å²) in [4.78, 5) is 2.66. The monoisotopic (exact) mass is 230 g/mol. The quantitative estimate of drug-likeness (QED) is 0.865. The van der Waals surface area contributed by atoms with Crippen LogP contribution in [0.1, 0.15) is 43.6 Å². The number of para-hydroxylation sites is 1. The van der Waals surface area contributed by atoms with Gasteiger partial charge in [-0.15, -0.1) is 0 Å². The van der Waals surface area contributed by atoms with E-state index in [9.17, 15) is 0 Å². The first-order chi connectivity index (χ1) is 8.40. The molecule has 1 aliphatic carbocycles. The second-order valence-electron chi connectivity index (χ2n) is 5.42. The molecule has 1 saturated carbocycles. The molecule has 1 unspecified atom stereocenters. The normalized spacial score (nSPS) is 24.3. The average molecular weight is 230 g/mol. The molecule has 1 aromatic carbocycles. The van der Waals surface area contributed by atoms with E-state index < -0.39 is 0 Å². The molecule has 0 spiro atoms. The van der Waals surface area contributed by atoms with Crippen LogP contribution in [0.25, 0.3) is 0 Å². The molecule has 1 aliphatic heterocycles. The molecule has 2 nitrogen and oxygen atoms in total. The highest BCUT2D eigenvalue weighted by Crippen LogP contribution is 2.41. The second-order valence-corrected chi connectivity index (χ2v) is 5.42. The summed E-state index contributed by atoms with van der Waals surface area (Å²) in [6.07, 6.45) is 6.70. The molecule has 92 valence electrons. The maximum atomic E-state index is 5.75. The van der Waals surface area contributed by atoms with Gasteiger partial charge in [-0.2, -0.15) is 0 Å². The van der Waals surface area contributed by atoms with Crippen molar-refractivity contribution >= 4 is 5.69 Å². The molecular weight excluding hydrogens is 208 g/mol. The van der Waals surface area contributed by atoms with Crippen LogP contribution >= 0.6 is 0 Å². The number of anilines is 1. The van der Waals surface area contributed by atoms with E-state index in [1.165, 1.54) is 43.5 Å². The molecule has 2 heteroatoms. The summed E-state index contributed by atoms with van der Waals surface area (Å²) < 4.78 is 0. The van der Waals surface area contributed by atoms with Gasteiger partial charge in [-0.05, 0) is 37.4 Å². The van der Waals surface area contributed by atoms with Crippen LogP contribution < -0.4 is 10.6 Å². The van der Waals surface area contributed by atoms with E-state index in [1.807, 2.05) is 0 Å². The Morgan fingerprint density at radius 1 is 1.18 bits per heavy atom. The van der Waals surface area contributed by atoms with Crippen LogP contribution in [0.2, 0.25) is 0 Å². The average Bonchev–Trinajstić information content (AvgIpc) is 2.97. The summed E-state index contributed by atoms with van der Waals surface area (Å²) in [5.41, 5.74) is 8.76. The molecule has 0 radical (unpaired) electrons. The fraction of sp³-hybridized carbons (Fsp3) is 0.600. The minimum Gasteiger partial charge on any atom is -0.368 e. The lowest BCUT2D eigenvalue weighted by Gasteiger charge is -2.27. The number of benzene rings is 1. The van der Waals surface area contributed by atoms with Gasteiger partial charge in [0.15, 0.2) is 0 Å². The Bertz CT molecular complexity index is 382. The molecule has 1 heterocycles. The standard InChI is InChI=1S/C15H22N2/c16-10-9-12-11-17(13-5-1-2-6-13)15-8-4-3-7-14(12)15/h3-4,7-8,12-13H,1-2,5-6,9-11,16H2. The molecule has 1 aromatic rings. The first-order valence-corrected chi connectivity index (χ1v) is 6.96. The number of fused-ring (bicyclic) bond motifs is 1. The summed E-state index contributed by atoms with van der Waals surface area (Å²) in [5, 5.41) is 0. The molecule has 1 atom stereocenters. The third kappa shape index (κ3) is 1.95. The van der Waals surface area contributed by atoms with Gasteiger partial charge in [0.1, 0.15) is 0 Å². The zero-order valence-electron chi connectivity index (χ0n) is 10.4. The highest BCUT2D eigenvalue weighted by atomic mass is 15.2.